The maximum atomic E-state index is 6.54. The SMILES string of the molecule is CCC(C)(C(N)Cc1ccc(Cl)c(Cl)c1)N1CCCC1. The summed E-state index contributed by atoms with van der Waals surface area (Å²) in [6.07, 6.45) is 4.47. The Hall–Kier alpha value is -0.280. The number of likely N-dealkylation sites (tertiary alicyclic amines) is 1. The van der Waals surface area contributed by atoms with Crippen molar-refractivity contribution in [2.75, 3.05) is 13.1 Å². The highest BCUT2D eigenvalue weighted by molar-refractivity contribution is 6.42. The van der Waals surface area contributed by atoms with E-state index in [-0.39, 0.29) is 11.6 Å². The van der Waals surface area contributed by atoms with Gasteiger partial charge >= 0.3 is 0 Å². The average molecular weight is 315 g/mol. The zero-order valence-electron chi connectivity index (χ0n) is 12.3. The van der Waals surface area contributed by atoms with E-state index in [4.69, 9.17) is 28.9 Å². The molecule has 4 heteroatoms. The molecule has 1 aromatic carbocycles. The fraction of sp³-hybridized carbons (Fsp3) is 0.625. The van der Waals surface area contributed by atoms with Gasteiger partial charge in [0.25, 0.3) is 0 Å². The number of hydrogen-bond donors (Lipinski definition) is 1. The molecular weight excluding hydrogens is 291 g/mol. The highest BCUT2D eigenvalue weighted by Crippen LogP contribution is 2.30. The molecule has 2 N–H and O–H groups in total. The zero-order valence-corrected chi connectivity index (χ0v) is 13.8. The molecule has 1 heterocycles. The second kappa shape index (κ2) is 6.65. The van der Waals surface area contributed by atoms with Crippen LogP contribution in [0.1, 0.15) is 38.7 Å². The fourth-order valence-corrected chi connectivity index (χ4v) is 3.41. The third-order valence-corrected chi connectivity index (χ3v) is 5.52. The summed E-state index contributed by atoms with van der Waals surface area (Å²) in [6, 6.07) is 5.91. The van der Waals surface area contributed by atoms with E-state index >= 15 is 0 Å². The van der Waals surface area contributed by atoms with Gasteiger partial charge in [-0.3, -0.25) is 4.90 Å². The van der Waals surface area contributed by atoms with Crippen LogP contribution in [0.2, 0.25) is 10.0 Å². The van der Waals surface area contributed by atoms with Crippen molar-refractivity contribution in [2.45, 2.75) is 51.1 Å². The van der Waals surface area contributed by atoms with Gasteiger partial charge in [-0.25, -0.2) is 0 Å². The molecule has 1 aliphatic heterocycles. The van der Waals surface area contributed by atoms with E-state index in [0.717, 1.165) is 18.4 Å². The van der Waals surface area contributed by atoms with Gasteiger partial charge in [0.2, 0.25) is 0 Å². The quantitative estimate of drug-likeness (QED) is 0.885. The summed E-state index contributed by atoms with van der Waals surface area (Å²) in [5, 5.41) is 1.21. The fourth-order valence-electron chi connectivity index (χ4n) is 3.09. The molecule has 20 heavy (non-hydrogen) atoms. The van der Waals surface area contributed by atoms with Crippen LogP contribution in [0, 0.1) is 0 Å². The number of hydrogen-bond acceptors (Lipinski definition) is 2. The maximum absolute atomic E-state index is 6.54. The van der Waals surface area contributed by atoms with Crippen molar-refractivity contribution in [3.05, 3.63) is 33.8 Å². The summed E-state index contributed by atoms with van der Waals surface area (Å²) >= 11 is 12.1. The van der Waals surface area contributed by atoms with Crippen molar-refractivity contribution >= 4 is 23.2 Å². The molecule has 2 unspecified atom stereocenters. The first kappa shape index (κ1) is 16.1. The lowest BCUT2D eigenvalue weighted by Crippen LogP contribution is -2.57. The number of halogens is 2. The van der Waals surface area contributed by atoms with Crippen molar-refractivity contribution in [2.24, 2.45) is 5.73 Å². The summed E-state index contributed by atoms with van der Waals surface area (Å²) in [5.41, 5.74) is 7.76. The first-order valence-corrected chi connectivity index (χ1v) is 8.17. The van der Waals surface area contributed by atoms with Gasteiger partial charge in [-0.2, -0.15) is 0 Å². The molecular formula is C16H24Cl2N2. The predicted molar refractivity (Wildman–Crippen MR) is 87.6 cm³/mol. The van der Waals surface area contributed by atoms with E-state index in [1.165, 1.54) is 25.9 Å². The standard InChI is InChI=1S/C16H24Cl2N2/c1-3-16(2,20-8-4-5-9-20)15(19)11-12-6-7-13(17)14(18)10-12/h6-7,10,15H,3-5,8-9,11,19H2,1-2H3. The van der Waals surface area contributed by atoms with Gasteiger partial charge in [0, 0.05) is 11.6 Å². The van der Waals surface area contributed by atoms with Crippen LogP contribution in [0.25, 0.3) is 0 Å². The van der Waals surface area contributed by atoms with Crippen LogP contribution in [0.15, 0.2) is 18.2 Å². The first-order chi connectivity index (χ1) is 9.47. The Labute approximate surface area is 132 Å². The summed E-state index contributed by atoms with van der Waals surface area (Å²) in [7, 11) is 0. The Bertz CT molecular complexity index is 458. The van der Waals surface area contributed by atoms with Gasteiger partial charge in [-0.1, -0.05) is 36.2 Å². The molecule has 1 aliphatic rings. The smallest absolute Gasteiger partial charge is 0.0595 e. The lowest BCUT2D eigenvalue weighted by Gasteiger charge is -2.43. The summed E-state index contributed by atoms with van der Waals surface area (Å²) in [5.74, 6) is 0. The predicted octanol–water partition coefficient (Wildman–Crippen LogP) is 4.13. The number of rotatable bonds is 5. The molecule has 1 fully saturated rings. The summed E-state index contributed by atoms with van der Waals surface area (Å²) < 4.78 is 0. The Morgan fingerprint density at radius 1 is 1.25 bits per heavy atom. The Morgan fingerprint density at radius 2 is 1.90 bits per heavy atom. The van der Waals surface area contributed by atoms with Crippen molar-refractivity contribution in [3.63, 3.8) is 0 Å². The van der Waals surface area contributed by atoms with Crippen molar-refractivity contribution < 1.29 is 0 Å². The van der Waals surface area contributed by atoms with Crippen molar-refractivity contribution in [1.82, 2.24) is 4.90 Å². The molecule has 2 nitrogen and oxygen atoms in total. The van der Waals surface area contributed by atoms with Crippen molar-refractivity contribution in [1.29, 1.82) is 0 Å². The minimum Gasteiger partial charge on any atom is -0.326 e. The van der Waals surface area contributed by atoms with E-state index in [0.29, 0.717) is 10.0 Å². The number of benzene rings is 1. The summed E-state index contributed by atoms with van der Waals surface area (Å²) in [4.78, 5) is 2.55. The molecule has 2 rings (SSSR count). The molecule has 0 spiro atoms. The second-order valence-electron chi connectivity index (χ2n) is 5.96. The van der Waals surface area contributed by atoms with E-state index < -0.39 is 0 Å². The van der Waals surface area contributed by atoms with Crippen LogP contribution < -0.4 is 5.73 Å². The highest BCUT2D eigenvalue weighted by atomic mass is 35.5. The minimum atomic E-state index is 0.0581. The third-order valence-electron chi connectivity index (χ3n) is 4.78. The van der Waals surface area contributed by atoms with E-state index in [2.05, 4.69) is 18.7 Å². The van der Waals surface area contributed by atoms with E-state index in [1.807, 2.05) is 18.2 Å². The normalized spacial score (nSPS) is 20.9. The van der Waals surface area contributed by atoms with Gasteiger partial charge in [-0.15, -0.1) is 0 Å². The zero-order chi connectivity index (χ0) is 14.8. The third kappa shape index (κ3) is 3.30. The van der Waals surface area contributed by atoms with Gasteiger partial charge < -0.3 is 5.73 Å². The molecule has 112 valence electrons. The topological polar surface area (TPSA) is 29.3 Å². The molecule has 0 saturated carbocycles. The van der Waals surface area contributed by atoms with Gasteiger partial charge in [0.15, 0.2) is 0 Å². The molecule has 0 aromatic heterocycles. The molecule has 0 aliphatic carbocycles. The highest BCUT2D eigenvalue weighted by Gasteiger charge is 2.37. The Balaban J connectivity index is 2.12. The molecule has 2 atom stereocenters. The van der Waals surface area contributed by atoms with E-state index in [1.54, 1.807) is 0 Å². The Morgan fingerprint density at radius 3 is 2.45 bits per heavy atom. The lowest BCUT2D eigenvalue weighted by molar-refractivity contribution is 0.0999. The van der Waals surface area contributed by atoms with Crippen LogP contribution in [-0.4, -0.2) is 29.6 Å². The van der Waals surface area contributed by atoms with Crippen LogP contribution in [0.5, 0.6) is 0 Å². The largest absolute Gasteiger partial charge is 0.326 e. The molecule has 1 saturated heterocycles. The lowest BCUT2D eigenvalue weighted by atomic mass is 9.84. The molecule has 1 aromatic rings. The van der Waals surface area contributed by atoms with Crippen molar-refractivity contribution in [3.8, 4) is 0 Å². The number of nitrogens with zero attached hydrogens (tertiary/aromatic N) is 1. The average Bonchev–Trinajstić information content (AvgIpc) is 2.96. The van der Waals surface area contributed by atoms with E-state index in [9.17, 15) is 0 Å². The van der Waals surface area contributed by atoms with Crippen LogP contribution in [-0.2, 0) is 6.42 Å². The monoisotopic (exact) mass is 314 g/mol. The maximum Gasteiger partial charge on any atom is 0.0595 e. The second-order valence-corrected chi connectivity index (χ2v) is 6.78. The molecule has 0 bridgehead atoms. The van der Waals surface area contributed by atoms with Gasteiger partial charge in [-0.05, 0) is 63.4 Å². The summed E-state index contributed by atoms with van der Waals surface area (Å²) in [6.45, 7) is 6.85. The number of nitrogens with two attached hydrogens (primary N) is 1. The van der Waals surface area contributed by atoms with Gasteiger partial charge in [0.1, 0.15) is 0 Å². The van der Waals surface area contributed by atoms with Gasteiger partial charge in [0.05, 0.1) is 10.0 Å². The van der Waals surface area contributed by atoms with Crippen LogP contribution >= 0.6 is 23.2 Å². The van der Waals surface area contributed by atoms with Crippen LogP contribution in [0.4, 0.5) is 0 Å². The Kier molecular flexibility index (Phi) is 5.36. The first-order valence-electron chi connectivity index (χ1n) is 7.42. The molecule has 0 amide bonds. The van der Waals surface area contributed by atoms with Crippen LogP contribution in [0.3, 0.4) is 0 Å². The minimum absolute atomic E-state index is 0.0581. The molecule has 0 radical (unpaired) electrons.